The number of hydrogen-bond donors (Lipinski definition) is 0. The summed E-state index contributed by atoms with van der Waals surface area (Å²) in [5, 5.41) is 0. The fraction of sp³-hybridized carbons (Fsp3) is 0.111. The largest absolute Gasteiger partial charge is 0.426 e. The van der Waals surface area contributed by atoms with E-state index in [1.807, 2.05) is 0 Å². The van der Waals surface area contributed by atoms with Crippen LogP contribution in [0.2, 0.25) is 0 Å². The van der Waals surface area contributed by atoms with Crippen LogP contribution in [-0.4, -0.2) is 12.4 Å². The first-order valence-electron chi connectivity index (χ1n) is 6.95. The van der Waals surface area contributed by atoms with E-state index in [9.17, 15) is 22.8 Å². The average Bonchev–Trinajstić information content (AvgIpc) is 2.59. The minimum Gasteiger partial charge on any atom is -0.426 e. The summed E-state index contributed by atoms with van der Waals surface area (Å²) < 4.78 is 50.3. The van der Waals surface area contributed by atoms with Crippen LogP contribution in [0, 0.1) is 11.6 Å². The number of carbonyl (C=O) groups excluding carboxylic acids is 2. The van der Waals surface area contributed by atoms with Crippen LogP contribution < -0.4 is 4.74 Å². The molecule has 0 unspecified atom stereocenters. The molecule has 1 aromatic rings. The van der Waals surface area contributed by atoms with Crippen LogP contribution in [0.5, 0.6) is 5.75 Å². The van der Waals surface area contributed by atoms with Gasteiger partial charge in [0.1, 0.15) is 0 Å². The Hall–Kier alpha value is -3.09. The summed E-state index contributed by atoms with van der Waals surface area (Å²) in [5.74, 6) is -5.32. The first kappa shape index (κ1) is 20.0. The minimum atomic E-state index is -1.34. The molecule has 0 heterocycles. The summed E-state index contributed by atoms with van der Waals surface area (Å²) in [4.78, 5) is 21.6. The molecular weight excluding hydrogens is 337 g/mol. The van der Waals surface area contributed by atoms with E-state index in [1.165, 1.54) is 19.1 Å². The molecule has 0 aliphatic carbocycles. The monoisotopic (exact) mass is 352 g/mol. The molecule has 0 saturated carbocycles. The Labute approximate surface area is 142 Å². The van der Waals surface area contributed by atoms with Crippen molar-refractivity contribution in [3.63, 3.8) is 0 Å². The van der Waals surface area contributed by atoms with Crippen molar-refractivity contribution >= 4 is 12.4 Å². The Morgan fingerprint density at radius 1 is 1.28 bits per heavy atom. The van der Waals surface area contributed by atoms with Gasteiger partial charge < -0.3 is 9.47 Å². The van der Waals surface area contributed by atoms with Gasteiger partial charge in [-0.1, -0.05) is 25.3 Å². The second kappa shape index (κ2) is 9.27. The predicted octanol–water partition coefficient (Wildman–Crippen LogP) is 4.09. The van der Waals surface area contributed by atoms with Crippen LogP contribution in [0.1, 0.15) is 12.5 Å². The first-order valence-corrected chi connectivity index (χ1v) is 6.95. The van der Waals surface area contributed by atoms with E-state index in [-0.39, 0.29) is 24.0 Å². The lowest BCUT2D eigenvalue weighted by atomic mass is 10.1. The number of hydrogen-bond acceptors (Lipinski definition) is 4. The van der Waals surface area contributed by atoms with Crippen molar-refractivity contribution in [3.8, 4) is 5.75 Å². The molecule has 0 fully saturated rings. The predicted molar refractivity (Wildman–Crippen MR) is 85.1 cm³/mol. The Kier molecular flexibility index (Phi) is 7.40. The van der Waals surface area contributed by atoms with E-state index >= 15 is 0 Å². The first-order chi connectivity index (χ1) is 11.8. The van der Waals surface area contributed by atoms with Crippen molar-refractivity contribution in [1.82, 2.24) is 0 Å². The normalized spacial score (nSPS) is 11.7. The van der Waals surface area contributed by atoms with E-state index in [1.54, 1.807) is 0 Å². The lowest BCUT2D eigenvalue weighted by molar-refractivity contribution is -0.130. The zero-order valence-electron chi connectivity index (χ0n) is 13.4. The van der Waals surface area contributed by atoms with Crippen molar-refractivity contribution in [2.45, 2.75) is 13.3 Å². The maximum atomic E-state index is 14.0. The molecule has 0 spiro atoms. The molecule has 0 aromatic heterocycles. The molecule has 1 aromatic carbocycles. The van der Waals surface area contributed by atoms with Gasteiger partial charge in [0.25, 0.3) is 6.47 Å². The SMILES string of the molecule is C=C/C(F)=C(\C=C/Cc1ccc(OC(=O)C(=C)C)c(F)c1F)OC=O. The third-order valence-corrected chi connectivity index (χ3v) is 2.87. The lowest BCUT2D eigenvalue weighted by Crippen LogP contribution is -2.10. The summed E-state index contributed by atoms with van der Waals surface area (Å²) >= 11 is 0. The third-order valence-electron chi connectivity index (χ3n) is 2.87. The summed E-state index contributed by atoms with van der Waals surface area (Å²) in [6.45, 7) is 7.90. The molecule has 0 saturated heterocycles. The van der Waals surface area contributed by atoms with Gasteiger partial charge in [0.2, 0.25) is 5.82 Å². The van der Waals surface area contributed by atoms with Crippen LogP contribution in [-0.2, 0) is 20.7 Å². The van der Waals surface area contributed by atoms with E-state index in [0.29, 0.717) is 0 Å². The second-order valence-corrected chi connectivity index (χ2v) is 4.76. The maximum Gasteiger partial charge on any atom is 0.338 e. The zero-order chi connectivity index (χ0) is 19.0. The molecule has 4 nitrogen and oxygen atoms in total. The maximum absolute atomic E-state index is 14.0. The van der Waals surface area contributed by atoms with Gasteiger partial charge in [-0.3, -0.25) is 4.79 Å². The number of esters is 1. The van der Waals surface area contributed by atoms with Gasteiger partial charge in [-0.05, 0) is 37.1 Å². The van der Waals surface area contributed by atoms with Crippen molar-refractivity contribution < 1.29 is 32.2 Å². The molecule has 0 aliphatic rings. The summed E-state index contributed by atoms with van der Waals surface area (Å²) in [6, 6.07) is 2.29. The van der Waals surface area contributed by atoms with Gasteiger partial charge in [0, 0.05) is 5.57 Å². The number of halogens is 3. The van der Waals surface area contributed by atoms with E-state index in [4.69, 9.17) is 0 Å². The highest BCUT2D eigenvalue weighted by Crippen LogP contribution is 2.24. The number of benzene rings is 1. The van der Waals surface area contributed by atoms with Gasteiger partial charge in [0.15, 0.2) is 23.2 Å². The van der Waals surface area contributed by atoms with Gasteiger partial charge in [-0.2, -0.15) is 4.39 Å². The van der Waals surface area contributed by atoms with Gasteiger partial charge in [-0.15, -0.1) is 0 Å². The lowest BCUT2D eigenvalue weighted by Gasteiger charge is -2.08. The molecule has 1 rings (SSSR count). The van der Waals surface area contributed by atoms with E-state index in [2.05, 4.69) is 22.6 Å². The molecule has 0 radical (unpaired) electrons. The fourth-order valence-electron chi connectivity index (χ4n) is 1.62. The van der Waals surface area contributed by atoms with Crippen LogP contribution in [0.15, 0.2) is 60.7 Å². The molecule has 7 heteroatoms. The molecule has 0 bridgehead atoms. The van der Waals surface area contributed by atoms with Gasteiger partial charge in [-0.25, -0.2) is 13.6 Å². The van der Waals surface area contributed by atoms with Crippen LogP contribution in [0.25, 0.3) is 0 Å². The Balaban J connectivity index is 2.97. The topological polar surface area (TPSA) is 52.6 Å². The zero-order valence-corrected chi connectivity index (χ0v) is 13.4. The number of rotatable bonds is 8. The van der Waals surface area contributed by atoms with E-state index < -0.39 is 34.9 Å². The fourth-order valence-corrected chi connectivity index (χ4v) is 1.62. The van der Waals surface area contributed by atoms with Crippen molar-refractivity contribution in [1.29, 1.82) is 0 Å². The Bertz CT molecular complexity index is 764. The highest BCUT2D eigenvalue weighted by molar-refractivity contribution is 5.88. The van der Waals surface area contributed by atoms with Crippen molar-refractivity contribution in [3.05, 3.63) is 77.9 Å². The summed E-state index contributed by atoms with van der Waals surface area (Å²) in [5.41, 5.74) is -0.0427. The van der Waals surface area contributed by atoms with Crippen LogP contribution in [0.3, 0.4) is 0 Å². The standard InChI is InChI=1S/C18H15F3O4/c1-4-13(19)14(24-10-22)7-5-6-12-8-9-15(17(21)16(12)20)25-18(23)11(2)3/h4-5,7-10H,1-2,6H2,3H3/b7-5-,14-13-. The smallest absolute Gasteiger partial charge is 0.338 e. The van der Waals surface area contributed by atoms with E-state index in [0.717, 1.165) is 18.2 Å². The molecule has 0 amide bonds. The average molecular weight is 352 g/mol. The molecular formula is C18H15F3O4. The summed E-state index contributed by atoms with van der Waals surface area (Å²) in [7, 11) is 0. The summed E-state index contributed by atoms with van der Waals surface area (Å²) in [6.07, 6.45) is 3.04. The number of allylic oxidation sites excluding steroid dienone is 4. The molecule has 0 N–H and O–H groups in total. The quantitative estimate of drug-likeness (QED) is 0.177. The van der Waals surface area contributed by atoms with Gasteiger partial charge >= 0.3 is 5.97 Å². The Morgan fingerprint density at radius 3 is 2.52 bits per heavy atom. The molecule has 0 atom stereocenters. The molecule has 0 aliphatic heterocycles. The molecule has 25 heavy (non-hydrogen) atoms. The van der Waals surface area contributed by atoms with Crippen LogP contribution in [0.4, 0.5) is 13.2 Å². The van der Waals surface area contributed by atoms with Crippen molar-refractivity contribution in [2.75, 3.05) is 0 Å². The van der Waals surface area contributed by atoms with Crippen LogP contribution >= 0.6 is 0 Å². The second-order valence-electron chi connectivity index (χ2n) is 4.76. The van der Waals surface area contributed by atoms with Gasteiger partial charge in [0.05, 0.1) is 0 Å². The molecule has 132 valence electrons. The minimum absolute atomic E-state index is 0.0216. The highest BCUT2D eigenvalue weighted by atomic mass is 19.2. The highest BCUT2D eigenvalue weighted by Gasteiger charge is 2.16. The third kappa shape index (κ3) is 5.49. The van der Waals surface area contributed by atoms with Crippen molar-refractivity contribution in [2.24, 2.45) is 0 Å². The number of ether oxygens (including phenoxy) is 2. The Morgan fingerprint density at radius 2 is 1.96 bits per heavy atom. The number of carbonyl (C=O) groups is 2.